The predicted molar refractivity (Wildman–Crippen MR) is 122 cm³/mol. The lowest BCUT2D eigenvalue weighted by Gasteiger charge is -2.05. The lowest BCUT2D eigenvalue weighted by atomic mass is 10.2. The molecule has 0 aliphatic rings. The highest BCUT2D eigenvalue weighted by molar-refractivity contribution is 7.98. The minimum Gasteiger partial charge on any atom is -0.276 e. The normalized spacial score (nSPS) is 11.6. The molecule has 1 N–H and O–H groups in total. The maximum absolute atomic E-state index is 11.1. The summed E-state index contributed by atoms with van der Waals surface area (Å²) in [5.74, 6) is 0.156. The molecular weight excluding hydrogens is 445 g/mol. The first-order chi connectivity index (χ1) is 14.4. The molecule has 0 radical (unpaired) electrons. The van der Waals surface area contributed by atoms with Crippen molar-refractivity contribution < 1.29 is 4.92 Å². The van der Waals surface area contributed by atoms with Crippen LogP contribution in [0.5, 0.6) is 0 Å². The second-order valence-electron chi connectivity index (χ2n) is 5.91. The molecule has 0 unspecified atom stereocenters. The molecule has 0 aliphatic heterocycles. The number of nitrogens with one attached hydrogen (secondary N) is 1. The van der Waals surface area contributed by atoms with Gasteiger partial charge in [0.05, 0.1) is 16.3 Å². The van der Waals surface area contributed by atoms with Gasteiger partial charge in [0.1, 0.15) is 0 Å². The molecule has 0 atom stereocenters. The van der Waals surface area contributed by atoms with Crippen LogP contribution in [0.15, 0.2) is 87.0 Å². The maximum atomic E-state index is 11.1. The molecule has 0 saturated heterocycles. The zero-order valence-electron chi connectivity index (χ0n) is 15.6. The number of benzene rings is 3. The fourth-order valence-electron chi connectivity index (χ4n) is 2.39. The van der Waals surface area contributed by atoms with E-state index in [-0.39, 0.29) is 11.5 Å². The maximum Gasteiger partial charge on any atom is 0.270 e. The second kappa shape index (κ2) is 10.2. The van der Waals surface area contributed by atoms with Crippen molar-refractivity contribution in [3.63, 3.8) is 0 Å². The first-order valence-electron chi connectivity index (χ1n) is 8.55. The van der Waals surface area contributed by atoms with Crippen molar-refractivity contribution in [1.82, 2.24) is 0 Å². The standard InChI is InChI=1S/C20H15Cl2N5O2S/c1-30-19-7-5-16(6-8-19)23-25-20(13-3-2-4-18(9-13)27(28)29)26-24-17-11-14(21)10-15(22)12-17/h2-12,23H,1H3/b25-20+,26-24+. The van der Waals surface area contributed by atoms with Crippen LogP contribution in [0.3, 0.4) is 0 Å². The van der Waals surface area contributed by atoms with Crippen molar-refractivity contribution >= 4 is 57.9 Å². The van der Waals surface area contributed by atoms with E-state index in [1.54, 1.807) is 42.1 Å². The van der Waals surface area contributed by atoms with E-state index < -0.39 is 4.92 Å². The predicted octanol–water partition coefficient (Wildman–Crippen LogP) is 7.18. The van der Waals surface area contributed by atoms with Gasteiger partial charge in [-0.1, -0.05) is 35.3 Å². The van der Waals surface area contributed by atoms with Gasteiger partial charge in [-0.15, -0.1) is 22.0 Å². The van der Waals surface area contributed by atoms with Crippen LogP contribution in [0.25, 0.3) is 0 Å². The molecule has 0 bridgehead atoms. The van der Waals surface area contributed by atoms with Crippen molar-refractivity contribution in [1.29, 1.82) is 0 Å². The Balaban J connectivity index is 1.95. The van der Waals surface area contributed by atoms with Gasteiger partial charge in [0.15, 0.2) is 0 Å². The molecule has 0 amide bonds. The Labute approximate surface area is 187 Å². The Morgan fingerprint density at radius 2 is 1.73 bits per heavy atom. The molecule has 0 heterocycles. The van der Waals surface area contributed by atoms with Crippen LogP contribution in [0.1, 0.15) is 5.56 Å². The first-order valence-corrected chi connectivity index (χ1v) is 10.5. The van der Waals surface area contributed by atoms with E-state index >= 15 is 0 Å². The molecule has 3 rings (SSSR count). The van der Waals surface area contributed by atoms with Crippen LogP contribution in [-0.2, 0) is 0 Å². The Hall–Kier alpha value is -2.94. The summed E-state index contributed by atoms with van der Waals surface area (Å²) in [5, 5.41) is 24.5. The first kappa shape index (κ1) is 21.8. The van der Waals surface area contributed by atoms with Crippen LogP contribution in [0.2, 0.25) is 10.0 Å². The summed E-state index contributed by atoms with van der Waals surface area (Å²) in [4.78, 5) is 11.8. The highest BCUT2D eigenvalue weighted by Crippen LogP contribution is 2.25. The average molecular weight is 460 g/mol. The van der Waals surface area contributed by atoms with E-state index in [9.17, 15) is 10.1 Å². The van der Waals surface area contributed by atoms with E-state index in [2.05, 4.69) is 20.8 Å². The third-order valence-electron chi connectivity index (χ3n) is 3.80. The van der Waals surface area contributed by atoms with Crippen LogP contribution < -0.4 is 5.43 Å². The number of hydrogen-bond acceptors (Lipinski definition) is 6. The van der Waals surface area contributed by atoms with Gasteiger partial charge in [0.25, 0.3) is 5.69 Å². The molecule has 0 aliphatic carbocycles. The number of hydrazone groups is 1. The molecule has 0 spiro atoms. The molecule has 0 fully saturated rings. The number of thioether (sulfide) groups is 1. The Kier molecular flexibility index (Phi) is 7.40. The lowest BCUT2D eigenvalue weighted by molar-refractivity contribution is -0.384. The molecule has 152 valence electrons. The van der Waals surface area contributed by atoms with Gasteiger partial charge >= 0.3 is 0 Å². The summed E-state index contributed by atoms with van der Waals surface area (Å²) in [6.45, 7) is 0. The zero-order valence-corrected chi connectivity index (χ0v) is 17.9. The number of azo groups is 1. The highest BCUT2D eigenvalue weighted by Gasteiger charge is 2.10. The number of anilines is 1. The molecule has 30 heavy (non-hydrogen) atoms. The van der Waals surface area contributed by atoms with Crippen molar-refractivity contribution in [3.8, 4) is 0 Å². The number of nitrogens with zero attached hydrogens (tertiary/aromatic N) is 4. The summed E-state index contributed by atoms with van der Waals surface area (Å²) >= 11 is 13.6. The van der Waals surface area contributed by atoms with E-state index in [4.69, 9.17) is 23.2 Å². The quantitative estimate of drug-likeness (QED) is 0.105. The van der Waals surface area contributed by atoms with E-state index in [1.165, 1.54) is 12.1 Å². The molecule has 0 saturated carbocycles. The molecule has 10 heteroatoms. The summed E-state index contributed by atoms with van der Waals surface area (Å²) < 4.78 is 0. The molecule has 7 nitrogen and oxygen atoms in total. The molecule has 0 aromatic heterocycles. The van der Waals surface area contributed by atoms with E-state index in [1.807, 2.05) is 30.5 Å². The van der Waals surface area contributed by atoms with Crippen LogP contribution in [0, 0.1) is 10.1 Å². The largest absolute Gasteiger partial charge is 0.276 e. The van der Waals surface area contributed by atoms with Crippen LogP contribution in [0.4, 0.5) is 17.1 Å². The SMILES string of the molecule is CSc1ccc(N/N=C(/N=N/c2cc(Cl)cc(Cl)c2)c2cccc([N+](=O)[O-])c2)cc1. The summed E-state index contributed by atoms with van der Waals surface area (Å²) in [6, 6.07) is 18.4. The second-order valence-corrected chi connectivity index (χ2v) is 7.66. The smallest absolute Gasteiger partial charge is 0.270 e. The topological polar surface area (TPSA) is 92.2 Å². The number of hydrogen-bond donors (Lipinski definition) is 1. The Morgan fingerprint density at radius 3 is 2.37 bits per heavy atom. The molecule has 3 aromatic carbocycles. The minimum atomic E-state index is -0.483. The Bertz CT molecular complexity index is 1100. The number of nitro benzene ring substituents is 1. The third kappa shape index (κ3) is 6.03. The summed E-state index contributed by atoms with van der Waals surface area (Å²) in [7, 11) is 0. The van der Waals surface area contributed by atoms with Gasteiger partial charge in [0, 0.05) is 32.6 Å². The highest BCUT2D eigenvalue weighted by atomic mass is 35.5. The Morgan fingerprint density at radius 1 is 1.03 bits per heavy atom. The van der Waals surface area contributed by atoms with Gasteiger partial charge in [-0.3, -0.25) is 15.5 Å². The zero-order chi connectivity index (χ0) is 21.5. The van der Waals surface area contributed by atoms with E-state index in [0.29, 0.717) is 21.3 Å². The number of amidine groups is 1. The summed E-state index contributed by atoms with van der Waals surface area (Å²) in [5.41, 5.74) is 4.41. The number of halogens is 2. The lowest BCUT2D eigenvalue weighted by Crippen LogP contribution is -2.02. The van der Waals surface area contributed by atoms with E-state index in [0.717, 1.165) is 10.6 Å². The molecule has 3 aromatic rings. The fraction of sp³-hybridized carbons (Fsp3) is 0.0500. The minimum absolute atomic E-state index is 0.0782. The van der Waals surface area contributed by atoms with Crippen molar-refractivity contribution in [2.75, 3.05) is 11.7 Å². The van der Waals surface area contributed by atoms with Crippen LogP contribution in [-0.4, -0.2) is 17.0 Å². The average Bonchev–Trinajstić information content (AvgIpc) is 2.73. The van der Waals surface area contributed by atoms with Gasteiger partial charge < -0.3 is 0 Å². The number of nitro groups is 1. The fourth-order valence-corrected chi connectivity index (χ4v) is 3.31. The summed E-state index contributed by atoms with van der Waals surface area (Å²) in [6.07, 6.45) is 1.99. The number of non-ortho nitro benzene ring substituents is 1. The number of rotatable bonds is 6. The van der Waals surface area contributed by atoms with Crippen molar-refractivity contribution in [2.24, 2.45) is 15.3 Å². The van der Waals surface area contributed by atoms with Crippen molar-refractivity contribution in [2.45, 2.75) is 4.90 Å². The van der Waals surface area contributed by atoms with Gasteiger partial charge in [0.2, 0.25) is 5.84 Å². The monoisotopic (exact) mass is 459 g/mol. The third-order valence-corrected chi connectivity index (χ3v) is 4.98. The van der Waals surface area contributed by atoms with Gasteiger partial charge in [-0.05, 0) is 48.7 Å². The molecular formula is C20H15Cl2N5O2S. The van der Waals surface area contributed by atoms with Gasteiger partial charge in [-0.2, -0.15) is 5.10 Å². The van der Waals surface area contributed by atoms with Gasteiger partial charge in [-0.25, -0.2) is 0 Å². The van der Waals surface area contributed by atoms with Crippen molar-refractivity contribution in [3.05, 3.63) is 92.5 Å². The van der Waals surface area contributed by atoms with Crippen LogP contribution >= 0.6 is 35.0 Å².